The maximum atomic E-state index is 13.6. The van der Waals surface area contributed by atoms with Crippen LogP contribution < -0.4 is 10.2 Å². The minimum Gasteiger partial charge on any atom is -0.312 e. The molecule has 0 atom stereocenters. The summed E-state index contributed by atoms with van der Waals surface area (Å²) in [6.07, 6.45) is 0. The van der Waals surface area contributed by atoms with Crippen molar-refractivity contribution in [2.75, 3.05) is 10.2 Å². The van der Waals surface area contributed by atoms with Crippen molar-refractivity contribution in [2.24, 2.45) is 7.05 Å². The Kier molecular flexibility index (Phi) is 5.91. The lowest BCUT2D eigenvalue weighted by atomic mass is 10.1. The van der Waals surface area contributed by atoms with E-state index in [0.29, 0.717) is 11.6 Å². The summed E-state index contributed by atoms with van der Waals surface area (Å²) in [5.41, 5.74) is 5.21. The molecule has 0 saturated carbocycles. The molecular weight excluding hydrogens is 420 g/mol. The van der Waals surface area contributed by atoms with E-state index in [0.717, 1.165) is 28.2 Å². The van der Waals surface area contributed by atoms with Crippen molar-refractivity contribution >= 4 is 23.4 Å². The van der Waals surface area contributed by atoms with E-state index in [4.69, 9.17) is 4.98 Å². The normalized spacial score (nSPS) is 10.6. The van der Waals surface area contributed by atoms with Gasteiger partial charge in [-0.05, 0) is 24.3 Å². The van der Waals surface area contributed by atoms with Crippen molar-refractivity contribution < 1.29 is 4.79 Å². The van der Waals surface area contributed by atoms with Crippen LogP contribution in [-0.4, -0.2) is 15.6 Å². The SMILES string of the molecule is Cn1c(N(C(=O)Nc2ccccc2)c2ccccc2)nc(-c2ccccc2)c1-c1ccccc1. The first kappa shape index (κ1) is 21.2. The third kappa shape index (κ3) is 4.19. The first-order valence-electron chi connectivity index (χ1n) is 11.1. The lowest BCUT2D eigenvalue weighted by Gasteiger charge is -2.22. The van der Waals surface area contributed by atoms with E-state index in [9.17, 15) is 4.79 Å². The number of nitrogens with zero attached hydrogens (tertiary/aromatic N) is 3. The second-order valence-electron chi connectivity index (χ2n) is 7.87. The molecule has 1 aromatic heterocycles. The molecule has 4 aromatic carbocycles. The molecule has 5 nitrogen and oxygen atoms in total. The van der Waals surface area contributed by atoms with E-state index < -0.39 is 0 Å². The fourth-order valence-corrected chi connectivity index (χ4v) is 4.01. The van der Waals surface area contributed by atoms with Crippen LogP contribution in [0.5, 0.6) is 0 Å². The summed E-state index contributed by atoms with van der Waals surface area (Å²) in [6.45, 7) is 0. The van der Waals surface area contributed by atoms with Gasteiger partial charge < -0.3 is 9.88 Å². The number of aromatic nitrogens is 2. The average molecular weight is 445 g/mol. The Morgan fingerprint density at radius 2 is 1.21 bits per heavy atom. The first-order chi connectivity index (χ1) is 16.7. The van der Waals surface area contributed by atoms with Crippen LogP contribution in [0.3, 0.4) is 0 Å². The Morgan fingerprint density at radius 1 is 0.706 bits per heavy atom. The number of carbonyl (C=O) groups excluding carboxylic acids is 1. The van der Waals surface area contributed by atoms with Crippen LogP contribution in [0.1, 0.15) is 0 Å². The fourth-order valence-electron chi connectivity index (χ4n) is 4.01. The Balaban J connectivity index is 1.69. The fraction of sp³-hybridized carbons (Fsp3) is 0.0345. The Morgan fingerprint density at radius 3 is 1.79 bits per heavy atom. The van der Waals surface area contributed by atoms with E-state index in [2.05, 4.69) is 17.4 Å². The second-order valence-corrected chi connectivity index (χ2v) is 7.87. The summed E-state index contributed by atoms with van der Waals surface area (Å²) in [7, 11) is 1.95. The molecule has 0 spiro atoms. The predicted octanol–water partition coefficient (Wildman–Crippen LogP) is 7.12. The molecule has 1 heterocycles. The van der Waals surface area contributed by atoms with Gasteiger partial charge in [0.15, 0.2) is 0 Å². The van der Waals surface area contributed by atoms with Gasteiger partial charge in [0.2, 0.25) is 5.95 Å². The van der Waals surface area contributed by atoms with Crippen LogP contribution in [0.25, 0.3) is 22.5 Å². The van der Waals surface area contributed by atoms with Crippen LogP contribution in [0.4, 0.5) is 22.1 Å². The van der Waals surface area contributed by atoms with Crippen molar-refractivity contribution in [2.45, 2.75) is 0 Å². The smallest absolute Gasteiger partial charge is 0.312 e. The summed E-state index contributed by atoms with van der Waals surface area (Å²) in [6, 6.07) is 38.9. The van der Waals surface area contributed by atoms with Gasteiger partial charge in [-0.1, -0.05) is 97.1 Å². The number of imidazole rings is 1. The molecule has 0 aliphatic carbocycles. The minimum atomic E-state index is -0.287. The predicted molar refractivity (Wildman–Crippen MR) is 138 cm³/mol. The highest BCUT2D eigenvalue weighted by Crippen LogP contribution is 2.37. The molecular formula is C29H24N4O. The van der Waals surface area contributed by atoms with Crippen molar-refractivity contribution in [3.63, 3.8) is 0 Å². The Bertz CT molecular complexity index is 1380. The van der Waals surface area contributed by atoms with Gasteiger partial charge in [0.25, 0.3) is 0 Å². The van der Waals surface area contributed by atoms with Crippen LogP contribution >= 0.6 is 0 Å². The molecule has 166 valence electrons. The number of para-hydroxylation sites is 2. The maximum absolute atomic E-state index is 13.6. The molecule has 5 aromatic rings. The minimum absolute atomic E-state index is 0.287. The number of rotatable bonds is 5. The first-order valence-corrected chi connectivity index (χ1v) is 11.1. The zero-order valence-corrected chi connectivity index (χ0v) is 18.8. The molecule has 34 heavy (non-hydrogen) atoms. The number of hydrogen-bond acceptors (Lipinski definition) is 2. The number of urea groups is 1. The van der Waals surface area contributed by atoms with E-state index in [1.807, 2.05) is 121 Å². The molecule has 0 unspecified atom stereocenters. The van der Waals surface area contributed by atoms with Gasteiger partial charge >= 0.3 is 6.03 Å². The van der Waals surface area contributed by atoms with Crippen LogP contribution in [0.2, 0.25) is 0 Å². The Labute approximate surface area is 198 Å². The van der Waals surface area contributed by atoms with Gasteiger partial charge in [-0.25, -0.2) is 14.7 Å². The van der Waals surface area contributed by atoms with Gasteiger partial charge in [0.05, 0.1) is 17.1 Å². The average Bonchev–Trinajstić information content (AvgIpc) is 3.23. The number of benzene rings is 4. The highest BCUT2D eigenvalue weighted by Gasteiger charge is 2.27. The summed E-state index contributed by atoms with van der Waals surface area (Å²) in [4.78, 5) is 20.3. The number of amides is 2. The molecule has 5 rings (SSSR count). The molecule has 0 aliphatic rings. The zero-order chi connectivity index (χ0) is 23.3. The number of hydrogen-bond donors (Lipinski definition) is 1. The largest absolute Gasteiger partial charge is 0.333 e. The summed E-state index contributed by atoms with van der Waals surface area (Å²) in [5, 5.41) is 3.01. The third-order valence-corrected chi connectivity index (χ3v) is 5.61. The maximum Gasteiger partial charge on any atom is 0.333 e. The Hall–Kier alpha value is -4.64. The van der Waals surface area contributed by atoms with Crippen molar-refractivity contribution in [1.82, 2.24) is 9.55 Å². The molecule has 5 heteroatoms. The molecule has 0 radical (unpaired) electrons. The van der Waals surface area contributed by atoms with Crippen molar-refractivity contribution in [3.8, 4) is 22.5 Å². The highest BCUT2D eigenvalue weighted by atomic mass is 16.2. The summed E-state index contributed by atoms with van der Waals surface area (Å²) >= 11 is 0. The lowest BCUT2D eigenvalue weighted by Crippen LogP contribution is -2.32. The number of carbonyl (C=O) groups is 1. The van der Waals surface area contributed by atoms with Crippen molar-refractivity contribution in [3.05, 3.63) is 121 Å². The van der Waals surface area contributed by atoms with E-state index >= 15 is 0 Å². The van der Waals surface area contributed by atoms with Crippen LogP contribution in [0.15, 0.2) is 121 Å². The van der Waals surface area contributed by atoms with Gasteiger partial charge in [-0.15, -0.1) is 0 Å². The molecule has 1 N–H and O–H groups in total. The molecule has 0 saturated heterocycles. The van der Waals surface area contributed by atoms with Gasteiger partial charge in [0, 0.05) is 23.9 Å². The van der Waals surface area contributed by atoms with Gasteiger partial charge in [0.1, 0.15) is 0 Å². The highest BCUT2D eigenvalue weighted by molar-refractivity contribution is 6.06. The van der Waals surface area contributed by atoms with Gasteiger partial charge in [-0.2, -0.15) is 0 Å². The van der Waals surface area contributed by atoms with E-state index in [1.54, 1.807) is 4.90 Å². The topological polar surface area (TPSA) is 50.2 Å². The second kappa shape index (κ2) is 9.46. The summed E-state index contributed by atoms with van der Waals surface area (Å²) < 4.78 is 1.98. The van der Waals surface area contributed by atoms with Gasteiger partial charge in [-0.3, -0.25) is 0 Å². The lowest BCUT2D eigenvalue weighted by molar-refractivity contribution is 0.258. The standard InChI is InChI=1S/C29H24N4O/c1-32-27(23-16-8-3-9-17-23)26(22-14-6-2-7-15-22)31-28(32)33(25-20-12-5-13-21-25)29(34)30-24-18-10-4-11-19-24/h2-21H,1H3,(H,30,34). The monoisotopic (exact) mass is 444 g/mol. The molecule has 2 amide bonds. The molecule has 0 fully saturated rings. The van der Waals surface area contributed by atoms with E-state index in [-0.39, 0.29) is 6.03 Å². The summed E-state index contributed by atoms with van der Waals surface area (Å²) in [5.74, 6) is 0.525. The van der Waals surface area contributed by atoms with E-state index in [1.165, 1.54) is 0 Å². The van der Waals surface area contributed by atoms with Crippen molar-refractivity contribution in [1.29, 1.82) is 0 Å². The molecule has 0 aliphatic heterocycles. The third-order valence-electron chi connectivity index (χ3n) is 5.61. The van der Waals surface area contributed by atoms with Crippen LogP contribution in [0, 0.1) is 0 Å². The molecule has 0 bridgehead atoms. The quantitative estimate of drug-likeness (QED) is 0.314. The number of nitrogens with one attached hydrogen (secondary N) is 1. The number of anilines is 3. The van der Waals surface area contributed by atoms with Crippen LogP contribution in [-0.2, 0) is 7.05 Å². The zero-order valence-electron chi connectivity index (χ0n) is 18.8.